The van der Waals surface area contributed by atoms with Crippen LogP contribution in [0.4, 0.5) is 0 Å². The number of phenolic OH excluding ortho intramolecular Hbond substituents is 1. The quantitative estimate of drug-likeness (QED) is 0.265. The Morgan fingerprint density at radius 3 is 2.51 bits per heavy atom. The topological polar surface area (TPSA) is 109 Å². The smallest absolute Gasteiger partial charge is 0.338 e. The maximum atomic E-state index is 13.6. The molecule has 1 atom stereocenters. The summed E-state index contributed by atoms with van der Waals surface area (Å²) in [6.45, 7) is 6.30. The van der Waals surface area contributed by atoms with E-state index in [1.807, 2.05) is 55.5 Å². The molecule has 3 aromatic carbocycles. The van der Waals surface area contributed by atoms with Gasteiger partial charge in [0.05, 0.1) is 30.4 Å². The summed E-state index contributed by atoms with van der Waals surface area (Å²) >= 11 is 1.21. The monoisotopic (exact) mass is 600 g/mol. The van der Waals surface area contributed by atoms with E-state index in [0.29, 0.717) is 56.6 Å². The van der Waals surface area contributed by atoms with Crippen LogP contribution in [0.1, 0.15) is 43.5 Å². The highest BCUT2D eigenvalue weighted by molar-refractivity contribution is 7.07. The van der Waals surface area contributed by atoms with Crippen LogP contribution in [0.5, 0.6) is 23.0 Å². The number of benzene rings is 3. The number of ether oxygens (including phenoxy) is 4. The number of esters is 1. The summed E-state index contributed by atoms with van der Waals surface area (Å²) in [5.74, 6) is 0.838. The molecule has 1 N–H and O–H groups in total. The molecular formula is C33H32N2O7S. The number of nitrogens with zero attached hydrogens (tertiary/aromatic N) is 2. The number of allylic oxidation sites excluding steroid dienone is 1. The van der Waals surface area contributed by atoms with Gasteiger partial charge in [-0.1, -0.05) is 53.8 Å². The molecule has 0 spiro atoms. The summed E-state index contributed by atoms with van der Waals surface area (Å²) in [6.07, 6.45) is 1.70. The predicted molar refractivity (Wildman–Crippen MR) is 164 cm³/mol. The van der Waals surface area contributed by atoms with Crippen LogP contribution in [0.15, 0.2) is 82.1 Å². The molecule has 0 fully saturated rings. The Hall–Kier alpha value is -4.83. The van der Waals surface area contributed by atoms with Gasteiger partial charge in [-0.05, 0) is 67.8 Å². The minimum Gasteiger partial charge on any atom is -0.504 e. The molecule has 0 unspecified atom stereocenters. The summed E-state index contributed by atoms with van der Waals surface area (Å²) in [4.78, 5) is 32.2. The fraction of sp³-hybridized carbons (Fsp3) is 0.242. The number of methoxy groups -OCH3 is 1. The van der Waals surface area contributed by atoms with E-state index in [-0.39, 0.29) is 23.5 Å². The van der Waals surface area contributed by atoms with Gasteiger partial charge in [0.1, 0.15) is 12.6 Å². The summed E-state index contributed by atoms with van der Waals surface area (Å²) in [5.41, 5.74) is 2.79. The van der Waals surface area contributed by atoms with Crippen molar-refractivity contribution in [3.8, 4) is 23.0 Å². The largest absolute Gasteiger partial charge is 0.504 e. The van der Waals surface area contributed by atoms with Crippen molar-refractivity contribution in [2.45, 2.75) is 33.4 Å². The number of thiazole rings is 1. The van der Waals surface area contributed by atoms with Gasteiger partial charge in [0.25, 0.3) is 5.56 Å². The lowest BCUT2D eigenvalue weighted by molar-refractivity contribution is -0.138. The minimum atomic E-state index is -0.735. The van der Waals surface area contributed by atoms with E-state index < -0.39 is 12.0 Å². The first kappa shape index (κ1) is 29.7. The van der Waals surface area contributed by atoms with Gasteiger partial charge in [-0.15, -0.1) is 0 Å². The molecular weight excluding hydrogens is 568 g/mol. The molecule has 5 rings (SSSR count). The Balaban J connectivity index is 1.60. The van der Waals surface area contributed by atoms with Gasteiger partial charge in [-0.2, -0.15) is 0 Å². The molecule has 0 aliphatic carbocycles. The highest BCUT2D eigenvalue weighted by Crippen LogP contribution is 2.37. The molecule has 0 radical (unpaired) electrons. The van der Waals surface area contributed by atoms with E-state index in [2.05, 4.69) is 0 Å². The summed E-state index contributed by atoms with van der Waals surface area (Å²) in [6, 6.07) is 19.4. The van der Waals surface area contributed by atoms with E-state index in [4.69, 9.17) is 23.9 Å². The Kier molecular flexibility index (Phi) is 8.96. The summed E-state index contributed by atoms with van der Waals surface area (Å²) in [7, 11) is 1.46. The SMILES string of the molecule is CCOC(=O)C1=C(C)n2c(s/c(=C\c3ccc(O)c(OC)c3)c2=O)=N[C@@H]1c1ccc(OCc2ccccc2)c(OCC)c1. The third kappa shape index (κ3) is 6.19. The molecule has 1 aromatic heterocycles. The molecule has 0 bridgehead atoms. The molecule has 4 aromatic rings. The Labute approximate surface area is 252 Å². The van der Waals surface area contributed by atoms with Crippen molar-refractivity contribution < 1.29 is 28.8 Å². The highest BCUT2D eigenvalue weighted by Gasteiger charge is 2.32. The van der Waals surface area contributed by atoms with E-state index in [9.17, 15) is 14.7 Å². The summed E-state index contributed by atoms with van der Waals surface area (Å²) in [5, 5.41) is 9.95. The van der Waals surface area contributed by atoms with Crippen LogP contribution >= 0.6 is 11.3 Å². The number of aromatic hydroxyl groups is 1. The van der Waals surface area contributed by atoms with Gasteiger partial charge >= 0.3 is 5.97 Å². The first-order chi connectivity index (χ1) is 20.8. The Morgan fingerprint density at radius 2 is 1.79 bits per heavy atom. The van der Waals surface area contributed by atoms with Crippen LogP contribution in [0.2, 0.25) is 0 Å². The van der Waals surface area contributed by atoms with Crippen molar-refractivity contribution in [2.75, 3.05) is 20.3 Å². The van der Waals surface area contributed by atoms with Crippen LogP contribution in [0.3, 0.4) is 0 Å². The molecule has 0 saturated heterocycles. The van der Waals surface area contributed by atoms with E-state index in [0.717, 1.165) is 5.56 Å². The summed E-state index contributed by atoms with van der Waals surface area (Å²) < 4.78 is 24.5. The van der Waals surface area contributed by atoms with Gasteiger partial charge in [0.15, 0.2) is 27.8 Å². The first-order valence-electron chi connectivity index (χ1n) is 13.8. The molecule has 43 heavy (non-hydrogen) atoms. The van der Waals surface area contributed by atoms with Crippen molar-refractivity contribution in [1.29, 1.82) is 0 Å². The lowest BCUT2D eigenvalue weighted by Gasteiger charge is -2.23. The van der Waals surface area contributed by atoms with Gasteiger partial charge in [0, 0.05) is 5.70 Å². The minimum absolute atomic E-state index is 0.000417. The standard InChI is InChI=1S/C33H32N2O7S/c1-5-40-27-18-23(13-15-25(27)42-19-21-10-8-7-9-11-21)30-29(32(38)41-6-2)20(3)35-31(37)28(43-33(35)34-30)17-22-12-14-24(36)26(16-22)39-4/h7-18,30,36H,5-6,19H2,1-4H3/b28-17-/t30-/m1/s1. The van der Waals surface area contributed by atoms with Crippen LogP contribution in [0, 0.1) is 0 Å². The van der Waals surface area contributed by atoms with E-state index >= 15 is 0 Å². The average Bonchev–Trinajstić information content (AvgIpc) is 3.32. The second-order valence-electron chi connectivity index (χ2n) is 9.63. The highest BCUT2D eigenvalue weighted by atomic mass is 32.1. The van der Waals surface area contributed by atoms with Crippen LogP contribution < -0.4 is 29.1 Å². The second-order valence-corrected chi connectivity index (χ2v) is 10.6. The zero-order valence-corrected chi connectivity index (χ0v) is 25.1. The molecule has 222 valence electrons. The molecule has 0 amide bonds. The molecule has 0 saturated carbocycles. The number of hydrogen-bond donors (Lipinski definition) is 1. The second kappa shape index (κ2) is 13.0. The van der Waals surface area contributed by atoms with E-state index in [1.165, 1.54) is 29.1 Å². The maximum absolute atomic E-state index is 13.6. The van der Waals surface area contributed by atoms with Crippen molar-refractivity contribution in [3.63, 3.8) is 0 Å². The van der Waals surface area contributed by atoms with Crippen LogP contribution in [-0.4, -0.2) is 36.0 Å². The third-order valence-electron chi connectivity index (χ3n) is 6.86. The number of aromatic nitrogens is 1. The first-order valence-corrected chi connectivity index (χ1v) is 14.7. The lowest BCUT2D eigenvalue weighted by Crippen LogP contribution is -2.35. The molecule has 10 heteroatoms. The predicted octanol–water partition coefficient (Wildman–Crippen LogP) is 4.60. The maximum Gasteiger partial charge on any atom is 0.338 e. The van der Waals surface area contributed by atoms with Crippen LogP contribution in [0.25, 0.3) is 11.8 Å². The van der Waals surface area contributed by atoms with Gasteiger partial charge < -0.3 is 24.1 Å². The van der Waals surface area contributed by atoms with Crippen LogP contribution in [-0.2, 0) is 16.1 Å². The number of carbonyl (C=O) groups excluding carboxylic acids is 1. The normalized spacial score (nSPS) is 14.6. The fourth-order valence-electron chi connectivity index (χ4n) is 4.81. The zero-order valence-electron chi connectivity index (χ0n) is 24.3. The molecule has 9 nitrogen and oxygen atoms in total. The van der Waals surface area contributed by atoms with Crippen molar-refractivity contribution in [3.05, 3.63) is 109 Å². The number of phenols is 1. The van der Waals surface area contributed by atoms with Crippen molar-refractivity contribution >= 4 is 29.1 Å². The van der Waals surface area contributed by atoms with E-state index in [1.54, 1.807) is 32.1 Å². The molecule has 2 heterocycles. The van der Waals surface area contributed by atoms with Crippen molar-refractivity contribution in [2.24, 2.45) is 4.99 Å². The number of rotatable bonds is 10. The van der Waals surface area contributed by atoms with Crippen molar-refractivity contribution in [1.82, 2.24) is 4.57 Å². The lowest BCUT2D eigenvalue weighted by atomic mass is 9.96. The fourth-order valence-corrected chi connectivity index (χ4v) is 5.85. The van der Waals surface area contributed by atoms with Gasteiger partial charge in [0.2, 0.25) is 0 Å². The van der Waals surface area contributed by atoms with Gasteiger partial charge in [-0.25, -0.2) is 9.79 Å². The Morgan fingerprint density at radius 1 is 1.00 bits per heavy atom. The third-order valence-corrected chi connectivity index (χ3v) is 7.84. The van der Waals surface area contributed by atoms with Gasteiger partial charge in [-0.3, -0.25) is 9.36 Å². The number of fused-ring (bicyclic) bond motifs is 1. The average molecular weight is 601 g/mol. The number of hydrogen-bond acceptors (Lipinski definition) is 9. The number of carbonyl (C=O) groups is 1. The molecule has 1 aliphatic heterocycles. The molecule has 1 aliphatic rings. The Bertz CT molecular complexity index is 1860. The zero-order chi connectivity index (χ0) is 30.5.